The van der Waals surface area contributed by atoms with Gasteiger partial charge in [0.15, 0.2) is 6.10 Å². The van der Waals surface area contributed by atoms with Crippen LogP contribution in [-0.2, 0) is 9.53 Å². The van der Waals surface area contributed by atoms with Gasteiger partial charge in [0.1, 0.15) is 5.82 Å². The molecule has 0 aliphatic rings. The van der Waals surface area contributed by atoms with Crippen molar-refractivity contribution in [3.8, 4) is 0 Å². The smallest absolute Gasteiger partial charge is 0.331 e. The molecule has 0 fully saturated rings. The van der Waals surface area contributed by atoms with Crippen molar-refractivity contribution in [3.05, 3.63) is 77.1 Å². The van der Waals surface area contributed by atoms with Crippen LogP contribution in [0.2, 0.25) is 0 Å². The second-order valence-electron chi connectivity index (χ2n) is 5.19. The van der Waals surface area contributed by atoms with Crippen LogP contribution in [-0.4, -0.2) is 17.9 Å². The predicted octanol–water partition coefficient (Wildman–Crippen LogP) is 3.96. The molecule has 0 saturated carbocycles. The van der Waals surface area contributed by atoms with E-state index in [4.69, 9.17) is 4.74 Å². The number of ketones is 1. The lowest BCUT2D eigenvalue weighted by Crippen LogP contribution is -2.23. The maximum absolute atomic E-state index is 12.8. The highest BCUT2D eigenvalue weighted by atomic mass is 19.1. The van der Waals surface area contributed by atoms with Crippen molar-refractivity contribution in [2.75, 3.05) is 0 Å². The number of hydrogen-bond acceptors (Lipinski definition) is 3. The van der Waals surface area contributed by atoms with E-state index in [1.54, 1.807) is 24.3 Å². The maximum atomic E-state index is 12.8. The first-order chi connectivity index (χ1) is 11.0. The highest BCUT2D eigenvalue weighted by molar-refractivity contribution is 6.01. The number of esters is 1. The zero-order valence-corrected chi connectivity index (χ0v) is 13.0. The van der Waals surface area contributed by atoms with Crippen LogP contribution in [0.5, 0.6) is 0 Å². The Labute approximate surface area is 134 Å². The van der Waals surface area contributed by atoms with E-state index < -0.39 is 12.1 Å². The molecule has 0 aliphatic heterocycles. The molecule has 2 aromatic carbocycles. The van der Waals surface area contributed by atoms with Gasteiger partial charge in [0.2, 0.25) is 5.78 Å². The summed E-state index contributed by atoms with van der Waals surface area (Å²) >= 11 is 0. The fourth-order valence-corrected chi connectivity index (χ4v) is 1.96. The molecule has 0 N–H and O–H groups in total. The van der Waals surface area contributed by atoms with Gasteiger partial charge in [0.25, 0.3) is 0 Å². The Balaban J connectivity index is 1.95. The summed E-state index contributed by atoms with van der Waals surface area (Å²) in [5.41, 5.74) is 2.22. The highest BCUT2D eigenvalue weighted by Crippen LogP contribution is 2.09. The standard InChI is InChI=1S/C19H17FO3/c1-13-3-8-16(9-4-13)19(22)14(2)23-18(21)12-7-15-5-10-17(20)11-6-15/h3-12,14H,1-2H3/b12-7+. The molecule has 23 heavy (non-hydrogen) atoms. The molecule has 0 aromatic heterocycles. The number of aryl methyl sites for hydroxylation is 1. The normalized spacial score (nSPS) is 12.1. The number of rotatable bonds is 5. The van der Waals surface area contributed by atoms with Gasteiger partial charge in [-0.2, -0.15) is 0 Å². The number of carbonyl (C=O) groups excluding carboxylic acids is 2. The van der Waals surface area contributed by atoms with E-state index >= 15 is 0 Å². The molecule has 0 spiro atoms. The van der Waals surface area contributed by atoms with E-state index in [0.29, 0.717) is 11.1 Å². The first-order valence-electron chi connectivity index (χ1n) is 7.21. The summed E-state index contributed by atoms with van der Waals surface area (Å²) in [6.07, 6.45) is 1.85. The van der Waals surface area contributed by atoms with Crippen LogP contribution < -0.4 is 0 Å². The number of halogens is 1. The molecule has 1 unspecified atom stereocenters. The van der Waals surface area contributed by atoms with Crippen molar-refractivity contribution in [2.24, 2.45) is 0 Å². The molecule has 0 saturated heterocycles. The van der Waals surface area contributed by atoms with Crippen LogP contribution in [0.3, 0.4) is 0 Å². The SMILES string of the molecule is Cc1ccc(C(=O)C(C)OC(=O)/C=C/c2ccc(F)cc2)cc1. The maximum Gasteiger partial charge on any atom is 0.331 e. The third-order valence-corrected chi connectivity index (χ3v) is 3.28. The van der Waals surface area contributed by atoms with Crippen LogP contribution >= 0.6 is 0 Å². The largest absolute Gasteiger partial charge is 0.451 e. The van der Waals surface area contributed by atoms with Gasteiger partial charge in [-0.15, -0.1) is 0 Å². The van der Waals surface area contributed by atoms with Crippen LogP contribution in [0.25, 0.3) is 6.08 Å². The molecule has 1 atom stereocenters. The molecule has 0 bridgehead atoms. The Morgan fingerprint density at radius 1 is 1.04 bits per heavy atom. The van der Waals surface area contributed by atoms with E-state index in [9.17, 15) is 14.0 Å². The van der Waals surface area contributed by atoms with E-state index in [1.165, 1.54) is 31.2 Å². The van der Waals surface area contributed by atoms with Crippen molar-refractivity contribution in [1.29, 1.82) is 0 Å². The van der Waals surface area contributed by atoms with Gasteiger partial charge >= 0.3 is 5.97 Å². The van der Waals surface area contributed by atoms with Gasteiger partial charge in [-0.25, -0.2) is 9.18 Å². The van der Waals surface area contributed by atoms with E-state index in [1.807, 2.05) is 19.1 Å². The van der Waals surface area contributed by atoms with Gasteiger partial charge in [0.05, 0.1) is 0 Å². The lowest BCUT2D eigenvalue weighted by atomic mass is 10.1. The summed E-state index contributed by atoms with van der Waals surface area (Å²) < 4.78 is 17.9. The molecule has 2 aromatic rings. The zero-order chi connectivity index (χ0) is 16.8. The summed E-state index contributed by atoms with van der Waals surface area (Å²) in [6.45, 7) is 3.46. The molecule has 3 nitrogen and oxygen atoms in total. The summed E-state index contributed by atoms with van der Waals surface area (Å²) in [6, 6.07) is 12.8. The Kier molecular flexibility index (Phi) is 5.41. The fraction of sp³-hybridized carbons (Fsp3) is 0.158. The van der Waals surface area contributed by atoms with Crippen LogP contribution in [0.1, 0.15) is 28.4 Å². The van der Waals surface area contributed by atoms with Gasteiger partial charge in [-0.3, -0.25) is 4.79 Å². The minimum Gasteiger partial charge on any atom is -0.451 e. The summed E-state index contributed by atoms with van der Waals surface area (Å²) in [5, 5.41) is 0. The number of Topliss-reactive ketones (excluding diaryl/α,β-unsaturated/α-hetero) is 1. The molecular weight excluding hydrogens is 295 g/mol. The topological polar surface area (TPSA) is 43.4 Å². The molecule has 118 valence electrons. The second-order valence-corrected chi connectivity index (χ2v) is 5.19. The van der Waals surface area contributed by atoms with Gasteiger partial charge in [-0.05, 0) is 37.6 Å². The average molecular weight is 312 g/mol. The van der Waals surface area contributed by atoms with E-state index in [2.05, 4.69) is 0 Å². The summed E-state index contributed by atoms with van der Waals surface area (Å²) in [4.78, 5) is 23.9. The first kappa shape index (κ1) is 16.6. The summed E-state index contributed by atoms with van der Waals surface area (Å²) in [7, 11) is 0. The summed E-state index contributed by atoms with van der Waals surface area (Å²) in [5.74, 6) is -1.22. The van der Waals surface area contributed by atoms with Crippen molar-refractivity contribution >= 4 is 17.8 Å². The number of benzene rings is 2. The molecule has 2 rings (SSSR count). The van der Waals surface area contributed by atoms with Crippen LogP contribution in [0, 0.1) is 12.7 Å². The van der Waals surface area contributed by atoms with Crippen molar-refractivity contribution in [1.82, 2.24) is 0 Å². The zero-order valence-electron chi connectivity index (χ0n) is 13.0. The van der Waals surface area contributed by atoms with Gasteiger partial charge < -0.3 is 4.74 Å². The lowest BCUT2D eigenvalue weighted by molar-refractivity contribution is -0.140. The molecule has 0 amide bonds. The van der Waals surface area contributed by atoms with Crippen LogP contribution in [0.4, 0.5) is 4.39 Å². The van der Waals surface area contributed by atoms with Crippen LogP contribution in [0.15, 0.2) is 54.6 Å². The number of carbonyl (C=O) groups is 2. The highest BCUT2D eigenvalue weighted by Gasteiger charge is 2.18. The molecule has 0 heterocycles. The number of ether oxygens (including phenoxy) is 1. The first-order valence-corrected chi connectivity index (χ1v) is 7.21. The molecule has 4 heteroatoms. The fourth-order valence-electron chi connectivity index (χ4n) is 1.96. The third-order valence-electron chi connectivity index (χ3n) is 3.28. The predicted molar refractivity (Wildman–Crippen MR) is 86.5 cm³/mol. The third kappa shape index (κ3) is 4.88. The quantitative estimate of drug-likeness (QED) is 0.477. The monoisotopic (exact) mass is 312 g/mol. The van der Waals surface area contributed by atoms with Crippen molar-refractivity contribution < 1.29 is 18.7 Å². The second kappa shape index (κ2) is 7.49. The molecular formula is C19H17FO3. The van der Waals surface area contributed by atoms with E-state index in [-0.39, 0.29) is 11.6 Å². The molecule has 0 radical (unpaired) electrons. The van der Waals surface area contributed by atoms with Crippen molar-refractivity contribution in [2.45, 2.75) is 20.0 Å². The van der Waals surface area contributed by atoms with Crippen molar-refractivity contribution in [3.63, 3.8) is 0 Å². The Morgan fingerprint density at radius 3 is 2.26 bits per heavy atom. The number of hydrogen-bond donors (Lipinski definition) is 0. The minimum atomic E-state index is -0.872. The minimum absolute atomic E-state index is 0.256. The Morgan fingerprint density at radius 2 is 1.65 bits per heavy atom. The van der Waals surface area contributed by atoms with E-state index in [0.717, 1.165) is 5.56 Å². The van der Waals surface area contributed by atoms with Gasteiger partial charge in [0, 0.05) is 11.6 Å². The lowest BCUT2D eigenvalue weighted by Gasteiger charge is -2.11. The van der Waals surface area contributed by atoms with Gasteiger partial charge in [-0.1, -0.05) is 42.0 Å². The molecule has 0 aliphatic carbocycles. The Bertz CT molecular complexity index is 715. The Hall–Kier alpha value is -2.75. The average Bonchev–Trinajstić information content (AvgIpc) is 2.54.